The summed E-state index contributed by atoms with van der Waals surface area (Å²) >= 11 is 12.3. The summed E-state index contributed by atoms with van der Waals surface area (Å²) in [4.78, 5) is 24.3. The molecule has 8 heteroatoms. The Kier molecular flexibility index (Phi) is 6.35. The molecule has 0 aliphatic carbocycles. The Morgan fingerprint density at radius 2 is 1.66 bits per heavy atom. The second-order valence-corrected chi connectivity index (χ2v) is 7.51. The normalized spacial score (nSPS) is 10.7. The van der Waals surface area contributed by atoms with Crippen LogP contribution in [0.4, 0.5) is 0 Å². The number of hydrogen-bond donors (Lipinski definition) is 0. The van der Waals surface area contributed by atoms with Gasteiger partial charge in [0, 0.05) is 21.7 Å². The van der Waals surface area contributed by atoms with Crippen molar-refractivity contribution in [2.75, 3.05) is 7.11 Å². The van der Waals surface area contributed by atoms with Crippen LogP contribution in [-0.4, -0.2) is 13.1 Å². The van der Waals surface area contributed by atoms with Gasteiger partial charge in [0.25, 0.3) is 0 Å². The first-order valence-corrected chi connectivity index (χ1v) is 10.2. The standard InChI is InChI=1S/C24H16Cl2O6/c1-29-24(28)14-5-7-15(8-6-14)32-22-13-31-21-11-16(9-10-17(21)23(22)27)30-12-18-19(25)3-2-4-20(18)26/h2-11,13H,12H2,1H3. The Balaban J connectivity index is 1.53. The second kappa shape index (κ2) is 9.34. The van der Waals surface area contributed by atoms with Crippen molar-refractivity contribution in [3.05, 3.63) is 98.3 Å². The molecule has 0 aliphatic rings. The van der Waals surface area contributed by atoms with E-state index >= 15 is 0 Å². The van der Waals surface area contributed by atoms with Crippen molar-refractivity contribution in [3.63, 3.8) is 0 Å². The van der Waals surface area contributed by atoms with Crippen LogP contribution in [0.3, 0.4) is 0 Å². The molecule has 4 rings (SSSR count). The van der Waals surface area contributed by atoms with Gasteiger partial charge in [-0.05, 0) is 48.5 Å². The van der Waals surface area contributed by atoms with Gasteiger partial charge in [-0.1, -0.05) is 29.3 Å². The molecular formula is C24H16Cl2O6. The lowest BCUT2D eigenvalue weighted by molar-refractivity contribution is 0.0600. The number of esters is 1. The van der Waals surface area contributed by atoms with E-state index < -0.39 is 5.97 Å². The molecule has 0 radical (unpaired) electrons. The fourth-order valence-electron chi connectivity index (χ4n) is 2.98. The number of halogens is 2. The minimum absolute atomic E-state index is 0.0137. The first-order valence-electron chi connectivity index (χ1n) is 9.44. The highest BCUT2D eigenvalue weighted by atomic mass is 35.5. The van der Waals surface area contributed by atoms with E-state index in [0.717, 1.165) is 0 Å². The number of rotatable bonds is 6. The number of carbonyl (C=O) groups excluding carboxylic acids is 1. The smallest absolute Gasteiger partial charge is 0.337 e. The quantitative estimate of drug-likeness (QED) is 0.309. The van der Waals surface area contributed by atoms with E-state index in [1.54, 1.807) is 60.7 Å². The van der Waals surface area contributed by atoms with Gasteiger partial charge < -0.3 is 18.6 Å². The fraction of sp³-hybridized carbons (Fsp3) is 0.0833. The first-order chi connectivity index (χ1) is 15.5. The van der Waals surface area contributed by atoms with Gasteiger partial charge in [0.15, 0.2) is 0 Å². The van der Waals surface area contributed by atoms with Crippen molar-refractivity contribution in [2.24, 2.45) is 0 Å². The number of hydrogen-bond acceptors (Lipinski definition) is 6. The summed E-state index contributed by atoms with van der Waals surface area (Å²) in [6, 6.07) is 16.3. The maximum atomic E-state index is 12.8. The SMILES string of the molecule is COC(=O)c1ccc(Oc2coc3cc(OCc4c(Cl)cccc4Cl)ccc3c2=O)cc1. The van der Waals surface area contributed by atoms with Crippen LogP contribution in [0.1, 0.15) is 15.9 Å². The molecular weight excluding hydrogens is 455 g/mol. The molecule has 0 bridgehead atoms. The van der Waals surface area contributed by atoms with Gasteiger partial charge in [-0.3, -0.25) is 4.79 Å². The van der Waals surface area contributed by atoms with Gasteiger partial charge in [-0.2, -0.15) is 0 Å². The summed E-state index contributed by atoms with van der Waals surface area (Å²) in [6.45, 7) is 0.164. The largest absolute Gasteiger partial charge is 0.489 e. The van der Waals surface area contributed by atoms with Crippen LogP contribution in [0.15, 0.2) is 76.1 Å². The zero-order valence-electron chi connectivity index (χ0n) is 16.8. The Bertz CT molecular complexity index is 1320. The topological polar surface area (TPSA) is 75.0 Å². The molecule has 1 aromatic heterocycles. The van der Waals surface area contributed by atoms with Gasteiger partial charge in [0.05, 0.1) is 18.1 Å². The van der Waals surface area contributed by atoms with Crippen molar-refractivity contribution in [1.82, 2.24) is 0 Å². The van der Waals surface area contributed by atoms with Crippen LogP contribution >= 0.6 is 23.2 Å². The lowest BCUT2D eigenvalue weighted by atomic mass is 10.2. The van der Waals surface area contributed by atoms with Crippen LogP contribution < -0.4 is 14.9 Å². The average molecular weight is 471 g/mol. The van der Waals surface area contributed by atoms with E-state index in [9.17, 15) is 9.59 Å². The minimum atomic E-state index is -0.461. The van der Waals surface area contributed by atoms with Gasteiger partial charge in [0.1, 0.15) is 30.0 Å². The third-order valence-electron chi connectivity index (χ3n) is 4.66. The number of benzene rings is 3. The Morgan fingerprint density at radius 3 is 2.34 bits per heavy atom. The maximum absolute atomic E-state index is 12.8. The third kappa shape index (κ3) is 4.56. The van der Waals surface area contributed by atoms with E-state index in [-0.39, 0.29) is 17.8 Å². The molecule has 0 fully saturated rings. The molecule has 162 valence electrons. The Labute approximate surface area is 192 Å². The maximum Gasteiger partial charge on any atom is 0.337 e. The Hall–Kier alpha value is -3.48. The van der Waals surface area contributed by atoms with E-state index in [4.69, 9.17) is 37.1 Å². The highest BCUT2D eigenvalue weighted by Crippen LogP contribution is 2.28. The van der Waals surface area contributed by atoms with Gasteiger partial charge in [0.2, 0.25) is 11.2 Å². The third-order valence-corrected chi connectivity index (χ3v) is 5.37. The fourth-order valence-corrected chi connectivity index (χ4v) is 3.49. The summed E-state index contributed by atoms with van der Waals surface area (Å²) in [5.74, 6) is 0.418. The van der Waals surface area contributed by atoms with Gasteiger partial charge in [-0.25, -0.2) is 4.79 Å². The predicted octanol–water partition coefficient (Wildman–Crippen LogP) is 6.26. The van der Waals surface area contributed by atoms with E-state index in [1.165, 1.54) is 13.4 Å². The molecule has 4 aromatic rings. The zero-order chi connectivity index (χ0) is 22.7. The molecule has 32 heavy (non-hydrogen) atoms. The summed E-state index contributed by atoms with van der Waals surface area (Å²) in [5.41, 5.74) is 1.03. The number of ether oxygens (including phenoxy) is 3. The van der Waals surface area contributed by atoms with Gasteiger partial charge >= 0.3 is 5.97 Å². The summed E-state index contributed by atoms with van der Waals surface area (Å²) in [6.07, 6.45) is 1.23. The van der Waals surface area contributed by atoms with E-state index in [0.29, 0.717) is 43.6 Å². The van der Waals surface area contributed by atoms with Crippen LogP contribution in [0, 0.1) is 0 Å². The van der Waals surface area contributed by atoms with Crippen LogP contribution in [-0.2, 0) is 11.3 Å². The Morgan fingerprint density at radius 1 is 0.969 bits per heavy atom. The van der Waals surface area contributed by atoms with Gasteiger partial charge in [-0.15, -0.1) is 0 Å². The molecule has 0 unspecified atom stereocenters. The average Bonchev–Trinajstić information content (AvgIpc) is 2.80. The first kappa shape index (κ1) is 21.7. The number of methoxy groups -OCH3 is 1. The van der Waals surface area contributed by atoms with Crippen molar-refractivity contribution in [3.8, 4) is 17.2 Å². The molecule has 1 heterocycles. The summed E-state index contributed by atoms with van der Waals surface area (Å²) in [7, 11) is 1.30. The molecule has 0 saturated heterocycles. The zero-order valence-corrected chi connectivity index (χ0v) is 18.3. The molecule has 0 saturated carbocycles. The molecule has 0 N–H and O–H groups in total. The van der Waals surface area contributed by atoms with Crippen molar-refractivity contribution in [1.29, 1.82) is 0 Å². The van der Waals surface area contributed by atoms with Crippen LogP contribution in [0.2, 0.25) is 10.0 Å². The van der Waals surface area contributed by atoms with E-state index in [1.807, 2.05) is 0 Å². The van der Waals surface area contributed by atoms with Crippen molar-refractivity contribution in [2.45, 2.75) is 6.61 Å². The van der Waals surface area contributed by atoms with Crippen molar-refractivity contribution < 1.29 is 23.4 Å². The number of carbonyl (C=O) groups is 1. The molecule has 0 atom stereocenters. The van der Waals surface area contributed by atoms with Crippen LogP contribution in [0.25, 0.3) is 11.0 Å². The summed E-state index contributed by atoms with van der Waals surface area (Å²) in [5, 5.41) is 1.34. The summed E-state index contributed by atoms with van der Waals surface area (Å²) < 4.78 is 21.6. The van der Waals surface area contributed by atoms with Crippen molar-refractivity contribution >= 4 is 40.1 Å². The lowest BCUT2D eigenvalue weighted by Gasteiger charge is -2.10. The minimum Gasteiger partial charge on any atom is -0.489 e. The predicted molar refractivity (Wildman–Crippen MR) is 121 cm³/mol. The second-order valence-electron chi connectivity index (χ2n) is 6.69. The molecule has 0 aliphatic heterocycles. The number of fused-ring (bicyclic) bond motifs is 1. The molecule has 0 amide bonds. The highest BCUT2D eigenvalue weighted by molar-refractivity contribution is 6.35. The molecule has 6 nitrogen and oxygen atoms in total. The van der Waals surface area contributed by atoms with Crippen LogP contribution in [0.5, 0.6) is 17.2 Å². The lowest BCUT2D eigenvalue weighted by Crippen LogP contribution is -2.05. The highest BCUT2D eigenvalue weighted by Gasteiger charge is 2.12. The van der Waals surface area contributed by atoms with E-state index in [2.05, 4.69) is 4.74 Å². The molecule has 0 spiro atoms. The monoisotopic (exact) mass is 470 g/mol. The molecule has 3 aromatic carbocycles.